The highest BCUT2D eigenvalue weighted by Crippen LogP contribution is 2.44. The number of methoxy groups -OCH3 is 1. The molecule has 0 aliphatic carbocycles. The molecule has 1 aliphatic heterocycles. The number of hydrogen-bond acceptors (Lipinski definition) is 7. The van der Waals surface area contributed by atoms with Crippen LogP contribution in [0.2, 0.25) is 0 Å². The molecule has 9 nitrogen and oxygen atoms in total. The van der Waals surface area contributed by atoms with Crippen molar-refractivity contribution in [2.45, 2.75) is 39.3 Å². The fourth-order valence-electron chi connectivity index (χ4n) is 3.11. The van der Waals surface area contributed by atoms with Crippen LogP contribution in [0.4, 0.5) is 11.4 Å². The maximum absolute atomic E-state index is 12.2. The van der Waals surface area contributed by atoms with Crippen LogP contribution < -0.4 is 9.64 Å². The van der Waals surface area contributed by atoms with E-state index in [1.54, 1.807) is 13.8 Å². The van der Waals surface area contributed by atoms with Gasteiger partial charge in [0.25, 0.3) is 5.69 Å². The number of amides is 1. The molecule has 0 N–H and O–H groups in total. The van der Waals surface area contributed by atoms with Crippen LogP contribution in [0.1, 0.15) is 38.1 Å². The molecule has 25 heavy (non-hydrogen) atoms. The van der Waals surface area contributed by atoms with E-state index in [2.05, 4.69) is 4.74 Å². The van der Waals surface area contributed by atoms with E-state index in [-0.39, 0.29) is 22.8 Å². The quantitative estimate of drug-likeness (QED) is 0.464. The number of nitrogens with zero attached hydrogens (tertiary/aromatic N) is 2. The molecule has 0 saturated carbocycles. The average Bonchev–Trinajstić information content (AvgIpc) is 2.50. The normalized spacial score (nSPS) is 18.0. The van der Waals surface area contributed by atoms with E-state index in [1.165, 1.54) is 24.8 Å². The number of ketones is 1. The first-order chi connectivity index (χ1) is 11.5. The second-order valence-electron chi connectivity index (χ2n) is 6.20. The molecular weight excluding hydrogens is 332 g/mol. The molecule has 9 heteroatoms. The number of rotatable bonds is 3. The van der Waals surface area contributed by atoms with Crippen molar-refractivity contribution in [3.8, 4) is 5.75 Å². The summed E-state index contributed by atoms with van der Waals surface area (Å²) in [5.41, 5.74) is -1.72. The fraction of sp³-hybridized carbons (Fsp3) is 0.438. The summed E-state index contributed by atoms with van der Waals surface area (Å²) < 4.78 is 10.2. The molecule has 0 aromatic heterocycles. The lowest BCUT2D eigenvalue weighted by molar-refractivity contribution is -0.385. The smallest absolute Gasteiger partial charge is 0.344 e. The van der Waals surface area contributed by atoms with Gasteiger partial charge in [-0.25, -0.2) is 4.79 Å². The maximum Gasteiger partial charge on any atom is 0.344 e. The van der Waals surface area contributed by atoms with Crippen LogP contribution in [0.15, 0.2) is 12.1 Å². The minimum absolute atomic E-state index is 0.0194. The molecule has 134 valence electrons. The predicted octanol–water partition coefficient (Wildman–Crippen LogP) is 1.86. The molecule has 1 aliphatic rings. The third-order valence-corrected chi connectivity index (χ3v) is 4.07. The molecule has 0 radical (unpaired) electrons. The van der Waals surface area contributed by atoms with Crippen LogP contribution in [0, 0.1) is 10.1 Å². The van der Waals surface area contributed by atoms with Crippen molar-refractivity contribution >= 4 is 29.0 Å². The molecule has 1 amide bonds. The Balaban J connectivity index is 2.79. The van der Waals surface area contributed by atoms with Gasteiger partial charge < -0.3 is 9.47 Å². The molecule has 2 rings (SSSR count). The van der Waals surface area contributed by atoms with Gasteiger partial charge >= 0.3 is 5.97 Å². The van der Waals surface area contributed by atoms with Crippen LogP contribution in [-0.2, 0) is 14.3 Å². The number of carbonyl (C=O) groups is 3. The number of hydrogen-bond donors (Lipinski definition) is 0. The van der Waals surface area contributed by atoms with Crippen LogP contribution in [0.25, 0.3) is 0 Å². The van der Waals surface area contributed by atoms with Crippen molar-refractivity contribution in [2.24, 2.45) is 0 Å². The highest BCUT2D eigenvalue weighted by Gasteiger charge is 2.48. The lowest BCUT2D eigenvalue weighted by atomic mass is 9.88. The van der Waals surface area contributed by atoms with Crippen LogP contribution in [0.5, 0.6) is 5.75 Å². The Morgan fingerprint density at radius 2 is 1.88 bits per heavy atom. The fourth-order valence-corrected chi connectivity index (χ4v) is 3.11. The number of carbonyl (C=O) groups excluding carboxylic acids is 3. The van der Waals surface area contributed by atoms with Gasteiger partial charge in [-0.2, -0.15) is 0 Å². The maximum atomic E-state index is 12.2. The third kappa shape index (κ3) is 2.92. The lowest BCUT2D eigenvalue weighted by Crippen LogP contribution is -2.61. The first-order valence-corrected chi connectivity index (χ1v) is 7.41. The van der Waals surface area contributed by atoms with Crippen molar-refractivity contribution < 1.29 is 28.8 Å². The average molecular weight is 350 g/mol. The van der Waals surface area contributed by atoms with E-state index >= 15 is 0 Å². The first kappa shape index (κ1) is 18.4. The summed E-state index contributed by atoms with van der Waals surface area (Å²) >= 11 is 0. The largest absolute Gasteiger partial charge is 0.478 e. The molecule has 1 atom stereocenters. The van der Waals surface area contributed by atoms with Gasteiger partial charge in [-0.1, -0.05) is 0 Å². The molecule has 0 fully saturated rings. The second-order valence-corrected chi connectivity index (χ2v) is 6.20. The van der Waals surface area contributed by atoms with Crippen LogP contribution >= 0.6 is 0 Å². The summed E-state index contributed by atoms with van der Waals surface area (Å²) in [5.74, 6) is -1.66. The SMILES string of the molecule is COC(=O)c1cc2c(cc1[N+](=O)[O-])OC(C(C)=O)C(C)(C)N2C(C)=O. The molecule has 1 heterocycles. The van der Waals surface area contributed by atoms with E-state index in [0.717, 1.165) is 13.2 Å². The van der Waals surface area contributed by atoms with Gasteiger partial charge in [0.05, 0.1) is 29.3 Å². The Morgan fingerprint density at radius 3 is 2.32 bits per heavy atom. The van der Waals surface area contributed by atoms with Crippen molar-refractivity contribution in [2.75, 3.05) is 12.0 Å². The van der Waals surface area contributed by atoms with Gasteiger partial charge in [0.15, 0.2) is 17.6 Å². The van der Waals surface area contributed by atoms with Gasteiger partial charge in [-0.15, -0.1) is 0 Å². The van der Waals surface area contributed by atoms with E-state index in [4.69, 9.17) is 4.74 Å². The Labute approximate surface area is 143 Å². The second kappa shape index (κ2) is 6.15. The van der Waals surface area contributed by atoms with Crippen molar-refractivity contribution in [3.05, 3.63) is 27.8 Å². The number of Topliss-reactive ketones (excluding diaryl/α,β-unsaturated/α-hetero) is 1. The predicted molar refractivity (Wildman–Crippen MR) is 86.8 cm³/mol. The standard InChI is InChI=1S/C16H18N2O7/c1-8(19)14-16(3,4)17(9(2)20)12-6-10(15(21)24-5)11(18(22)23)7-13(12)25-14/h6-7,14H,1-5H3. The number of nitro benzene ring substituents is 1. The summed E-state index contributed by atoms with van der Waals surface area (Å²) in [6, 6.07) is 2.21. The van der Waals surface area contributed by atoms with Crippen LogP contribution in [-0.4, -0.2) is 41.3 Å². The summed E-state index contributed by atoms with van der Waals surface area (Å²) in [7, 11) is 1.10. The highest BCUT2D eigenvalue weighted by molar-refractivity contribution is 6.02. The van der Waals surface area contributed by atoms with Gasteiger partial charge in [0.1, 0.15) is 5.56 Å². The lowest BCUT2D eigenvalue weighted by Gasteiger charge is -2.46. The van der Waals surface area contributed by atoms with Gasteiger partial charge in [0.2, 0.25) is 5.91 Å². The molecule has 1 aromatic carbocycles. The van der Waals surface area contributed by atoms with Gasteiger partial charge in [-0.3, -0.25) is 24.6 Å². The van der Waals surface area contributed by atoms with E-state index in [0.29, 0.717) is 0 Å². The van der Waals surface area contributed by atoms with Crippen molar-refractivity contribution in [1.29, 1.82) is 0 Å². The zero-order valence-corrected chi connectivity index (χ0v) is 14.5. The van der Waals surface area contributed by atoms with Crippen LogP contribution in [0.3, 0.4) is 0 Å². The summed E-state index contributed by atoms with van der Waals surface area (Å²) in [6.07, 6.45) is -1.01. The molecule has 0 saturated heterocycles. The molecular formula is C16H18N2O7. The van der Waals surface area contributed by atoms with Crippen molar-refractivity contribution in [1.82, 2.24) is 0 Å². The zero-order chi connectivity index (χ0) is 19.1. The highest BCUT2D eigenvalue weighted by atomic mass is 16.6. The number of anilines is 1. The number of nitro groups is 1. The summed E-state index contributed by atoms with van der Waals surface area (Å²) in [4.78, 5) is 47.9. The number of fused-ring (bicyclic) bond motifs is 1. The van der Waals surface area contributed by atoms with E-state index < -0.39 is 34.1 Å². The monoisotopic (exact) mass is 350 g/mol. The van der Waals surface area contributed by atoms with Gasteiger partial charge in [0, 0.05) is 6.92 Å². The van der Waals surface area contributed by atoms with Crippen molar-refractivity contribution in [3.63, 3.8) is 0 Å². The summed E-state index contributed by atoms with van der Waals surface area (Å²) in [5, 5.41) is 11.3. The molecule has 0 spiro atoms. The Morgan fingerprint density at radius 1 is 1.28 bits per heavy atom. The third-order valence-electron chi connectivity index (χ3n) is 4.07. The van der Waals surface area contributed by atoms with Gasteiger partial charge in [-0.05, 0) is 26.8 Å². The Hall–Kier alpha value is -2.97. The Bertz CT molecular complexity index is 785. The summed E-state index contributed by atoms with van der Waals surface area (Å²) in [6.45, 7) is 5.89. The number of benzene rings is 1. The minimum Gasteiger partial charge on any atom is -0.478 e. The van der Waals surface area contributed by atoms with E-state index in [1.807, 2.05) is 0 Å². The zero-order valence-electron chi connectivity index (χ0n) is 14.5. The number of ether oxygens (including phenoxy) is 2. The number of esters is 1. The molecule has 1 unspecified atom stereocenters. The Kier molecular flexibility index (Phi) is 4.52. The minimum atomic E-state index is -1.05. The topological polar surface area (TPSA) is 116 Å². The molecule has 1 aromatic rings. The molecule has 0 bridgehead atoms. The van der Waals surface area contributed by atoms with E-state index in [9.17, 15) is 24.5 Å². The first-order valence-electron chi connectivity index (χ1n) is 7.41.